The number of nitrogens with zero attached hydrogens (tertiary/aromatic N) is 5. The minimum Gasteiger partial charge on any atom is -0.495 e. The highest BCUT2D eigenvalue weighted by Crippen LogP contribution is 2.31. The Hall–Kier alpha value is -3.43. The van der Waals surface area contributed by atoms with Gasteiger partial charge in [0, 0.05) is 43.7 Å². The maximum absolute atomic E-state index is 12.1. The van der Waals surface area contributed by atoms with Crippen molar-refractivity contribution in [3.63, 3.8) is 0 Å². The van der Waals surface area contributed by atoms with Gasteiger partial charge in [-0.1, -0.05) is 18.5 Å². The zero-order valence-electron chi connectivity index (χ0n) is 20.1. The first-order valence-electron chi connectivity index (χ1n) is 11.5. The van der Waals surface area contributed by atoms with Crippen LogP contribution in [0.3, 0.4) is 0 Å². The van der Waals surface area contributed by atoms with E-state index in [1.165, 1.54) is 7.11 Å². The van der Waals surface area contributed by atoms with Crippen molar-refractivity contribution in [3.8, 4) is 11.5 Å². The summed E-state index contributed by atoms with van der Waals surface area (Å²) in [6, 6.07) is 7.34. The molecule has 0 spiro atoms. The summed E-state index contributed by atoms with van der Waals surface area (Å²) < 4.78 is 11.1. The second kappa shape index (κ2) is 11.3. The van der Waals surface area contributed by atoms with Crippen LogP contribution in [0.25, 0.3) is 0 Å². The van der Waals surface area contributed by atoms with Crippen molar-refractivity contribution in [3.05, 3.63) is 59.0 Å². The monoisotopic (exact) mass is 496 g/mol. The number of aromatic nitrogens is 3. The van der Waals surface area contributed by atoms with Gasteiger partial charge in [0.2, 0.25) is 5.95 Å². The number of Topliss-reactive ketones (excluding diaryl/α,β-unsaturated/α-hetero) is 1. The van der Waals surface area contributed by atoms with E-state index in [-0.39, 0.29) is 12.4 Å². The number of methoxy groups -OCH3 is 1. The fourth-order valence-corrected chi connectivity index (χ4v) is 3.94. The van der Waals surface area contributed by atoms with Crippen LogP contribution in [-0.2, 0) is 6.61 Å². The van der Waals surface area contributed by atoms with Crippen molar-refractivity contribution >= 4 is 34.8 Å². The van der Waals surface area contributed by atoms with Crippen LogP contribution in [-0.4, -0.2) is 66.0 Å². The summed E-state index contributed by atoms with van der Waals surface area (Å²) in [5.41, 5.74) is 1.99. The maximum Gasteiger partial charge on any atom is 0.227 e. The van der Waals surface area contributed by atoms with Gasteiger partial charge in [-0.15, -0.1) is 0 Å². The number of carbonyl (C=O) groups excluding carboxylic acids is 1. The SMILES string of the molecule is CCC(=O)c1cc(COc2cnc(Nc3ccc(N4CCN(C)CC4)nc3)nc2)c(Cl)c(OC)c1. The number of ether oxygens (including phenoxy) is 2. The van der Waals surface area contributed by atoms with Crippen molar-refractivity contribution < 1.29 is 14.3 Å². The predicted octanol–water partition coefficient (Wildman–Crippen LogP) is 4.20. The third kappa shape index (κ3) is 6.17. The van der Waals surface area contributed by atoms with Gasteiger partial charge >= 0.3 is 0 Å². The molecule has 1 aliphatic heterocycles. The molecule has 0 atom stereocenters. The van der Waals surface area contributed by atoms with E-state index in [1.54, 1.807) is 30.7 Å². The van der Waals surface area contributed by atoms with Crippen molar-refractivity contribution in [2.45, 2.75) is 20.0 Å². The fraction of sp³-hybridized carbons (Fsp3) is 0.360. The largest absolute Gasteiger partial charge is 0.495 e. The van der Waals surface area contributed by atoms with E-state index < -0.39 is 0 Å². The second-order valence-electron chi connectivity index (χ2n) is 8.28. The van der Waals surface area contributed by atoms with Gasteiger partial charge in [-0.05, 0) is 31.3 Å². The molecule has 1 N–H and O–H groups in total. The molecule has 9 nitrogen and oxygen atoms in total. The standard InChI is InChI=1S/C25H29ClN6O3/c1-4-21(33)17-11-18(24(26)22(12-17)34-3)16-35-20-14-28-25(29-15-20)30-19-5-6-23(27-13-19)32-9-7-31(2)8-10-32/h5-6,11-15H,4,7-10,16H2,1-3H3,(H,28,29,30). The normalized spacial score (nSPS) is 14.0. The van der Waals surface area contributed by atoms with Crippen LogP contribution in [0.5, 0.6) is 11.5 Å². The second-order valence-corrected chi connectivity index (χ2v) is 8.66. The molecule has 184 valence electrons. The summed E-state index contributed by atoms with van der Waals surface area (Å²) in [7, 11) is 3.65. The lowest BCUT2D eigenvalue weighted by Gasteiger charge is -2.33. The average Bonchev–Trinajstić information content (AvgIpc) is 2.89. The minimum absolute atomic E-state index is 0.00559. The topological polar surface area (TPSA) is 92.7 Å². The van der Waals surface area contributed by atoms with E-state index in [0.29, 0.717) is 40.0 Å². The molecule has 2 aromatic heterocycles. The molecule has 0 radical (unpaired) electrons. The molecule has 0 unspecified atom stereocenters. The van der Waals surface area contributed by atoms with Crippen LogP contribution in [0.15, 0.2) is 42.9 Å². The van der Waals surface area contributed by atoms with E-state index >= 15 is 0 Å². The Bertz CT molecular complexity index is 1150. The van der Waals surface area contributed by atoms with Crippen molar-refractivity contribution in [2.75, 3.05) is 50.6 Å². The van der Waals surface area contributed by atoms with Gasteiger partial charge in [0.1, 0.15) is 18.2 Å². The Morgan fingerprint density at radius 1 is 1.09 bits per heavy atom. The summed E-state index contributed by atoms with van der Waals surface area (Å²) in [5, 5.41) is 3.56. The molecule has 0 bridgehead atoms. The average molecular weight is 497 g/mol. The fourth-order valence-electron chi connectivity index (χ4n) is 3.70. The number of ketones is 1. The summed E-state index contributed by atoms with van der Waals surface area (Å²) in [6.07, 6.45) is 5.32. The van der Waals surface area contributed by atoms with Gasteiger partial charge in [-0.2, -0.15) is 0 Å². The lowest BCUT2D eigenvalue weighted by molar-refractivity contribution is 0.0987. The smallest absolute Gasteiger partial charge is 0.227 e. The molecule has 10 heteroatoms. The number of likely N-dealkylation sites (N-methyl/N-ethyl adjacent to an activating group) is 1. The Labute approximate surface area is 210 Å². The van der Waals surface area contributed by atoms with Crippen molar-refractivity contribution in [2.24, 2.45) is 0 Å². The zero-order valence-corrected chi connectivity index (χ0v) is 20.9. The molecule has 0 aliphatic carbocycles. The minimum atomic E-state index is 0.00559. The van der Waals surface area contributed by atoms with E-state index in [1.807, 2.05) is 19.1 Å². The van der Waals surface area contributed by atoms with Crippen LogP contribution < -0.4 is 19.7 Å². The van der Waals surface area contributed by atoms with Crippen LogP contribution in [0.4, 0.5) is 17.5 Å². The number of nitrogens with one attached hydrogen (secondary N) is 1. The highest BCUT2D eigenvalue weighted by Gasteiger charge is 2.16. The van der Waals surface area contributed by atoms with Gasteiger partial charge in [-0.3, -0.25) is 4.79 Å². The number of carbonyl (C=O) groups is 1. The molecule has 4 rings (SSSR count). The molecule has 1 saturated heterocycles. The van der Waals surface area contributed by atoms with E-state index in [4.69, 9.17) is 21.1 Å². The number of piperazine rings is 1. The molecule has 3 aromatic rings. The van der Waals surface area contributed by atoms with Crippen LogP contribution in [0, 0.1) is 0 Å². The predicted molar refractivity (Wildman–Crippen MR) is 136 cm³/mol. The summed E-state index contributed by atoms with van der Waals surface area (Å²) >= 11 is 6.41. The molecular formula is C25H29ClN6O3. The lowest BCUT2D eigenvalue weighted by atomic mass is 10.1. The third-order valence-corrected chi connectivity index (χ3v) is 6.26. The van der Waals surface area contributed by atoms with Crippen LogP contribution in [0.2, 0.25) is 5.02 Å². The van der Waals surface area contributed by atoms with E-state index in [2.05, 4.69) is 37.1 Å². The Morgan fingerprint density at radius 3 is 2.46 bits per heavy atom. The molecule has 35 heavy (non-hydrogen) atoms. The number of hydrogen-bond acceptors (Lipinski definition) is 9. The van der Waals surface area contributed by atoms with Gasteiger partial charge in [0.05, 0.1) is 36.4 Å². The summed E-state index contributed by atoms with van der Waals surface area (Å²) in [6.45, 7) is 5.96. The molecule has 3 heterocycles. The molecule has 1 aromatic carbocycles. The first-order valence-corrected chi connectivity index (χ1v) is 11.9. The highest BCUT2D eigenvalue weighted by atomic mass is 35.5. The summed E-state index contributed by atoms with van der Waals surface area (Å²) in [4.78, 5) is 29.9. The van der Waals surface area contributed by atoms with Crippen molar-refractivity contribution in [1.82, 2.24) is 19.9 Å². The van der Waals surface area contributed by atoms with Crippen LogP contribution in [0.1, 0.15) is 29.3 Å². The molecule has 1 aliphatic rings. The lowest BCUT2D eigenvalue weighted by Crippen LogP contribution is -2.44. The first kappa shape index (κ1) is 24.7. The van der Waals surface area contributed by atoms with E-state index in [9.17, 15) is 4.79 Å². The Balaban J connectivity index is 1.36. The quantitative estimate of drug-likeness (QED) is 0.437. The van der Waals surface area contributed by atoms with Gasteiger partial charge in [-0.25, -0.2) is 15.0 Å². The van der Waals surface area contributed by atoms with Gasteiger partial charge in [0.25, 0.3) is 0 Å². The molecule has 0 saturated carbocycles. The third-order valence-electron chi connectivity index (χ3n) is 5.83. The molecule has 0 amide bonds. The van der Waals surface area contributed by atoms with E-state index in [0.717, 1.165) is 37.7 Å². The van der Waals surface area contributed by atoms with Gasteiger partial charge < -0.3 is 24.6 Å². The number of hydrogen-bond donors (Lipinski definition) is 1. The number of halogens is 1. The number of pyridine rings is 1. The van der Waals surface area contributed by atoms with Crippen molar-refractivity contribution in [1.29, 1.82) is 0 Å². The van der Waals surface area contributed by atoms with Gasteiger partial charge in [0.15, 0.2) is 11.5 Å². The molecule has 1 fully saturated rings. The number of rotatable bonds is 9. The van der Waals surface area contributed by atoms with Crippen LogP contribution >= 0.6 is 11.6 Å². The Kier molecular flexibility index (Phi) is 7.99. The Morgan fingerprint density at radius 2 is 1.83 bits per heavy atom. The number of benzene rings is 1. The zero-order chi connectivity index (χ0) is 24.8. The molecular weight excluding hydrogens is 468 g/mol. The number of anilines is 3. The first-order chi connectivity index (χ1) is 17.0. The highest BCUT2D eigenvalue weighted by molar-refractivity contribution is 6.33. The summed E-state index contributed by atoms with van der Waals surface area (Å²) in [5.74, 6) is 2.31. The maximum atomic E-state index is 12.1.